The summed E-state index contributed by atoms with van der Waals surface area (Å²) in [7, 11) is 0. The van der Waals surface area contributed by atoms with Crippen molar-refractivity contribution in [3.63, 3.8) is 0 Å². The molecule has 0 fully saturated rings. The summed E-state index contributed by atoms with van der Waals surface area (Å²) < 4.78 is 6.68. The molecule has 0 aliphatic rings. The lowest BCUT2D eigenvalue weighted by Crippen LogP contribution is -2.40. The van der Waals surface area contributed by atoms with E-state index in [4.69, 9.17) is 4.74 Å². The largest absolute Gasteiger partial charge is 0.481 e. The lowest BCUT2D eigenvalue weighted by Gasteiger charge is -2.24. The van der Waals surface area contributed by atoms with E-state index >= 15 is 0 Å². The van der Waals surface area contributed by atoms with Crippen LogP contribution in [0.3, 0.4) is 0 Å². The van der Waals surface area contributed by atoms with E-state index < -0.39 is 6.10 Å². The Morgan fingerprint density at radius 2 is 1.93 bits per heavy atom. The third kappa shape index (κ3) is 4.54. The predicted molar refractivity (Wildman–Crippen MR) is 108 cm³/mol. The van der Waals surface area contributed by atoms with Crippen LogP contribution in [0.5, 0.6) is 5.75 Å². The number of aromatic amines is 1. The number of para-hydroxylation sites is 1. The van der Waals surface area contributed by atoms with Crippen molar-refractivity contribution in [3.05, 3.63) is 69.2 Å². The van der Waals surface area contributed by atoms with Gasteiger partial charge in [0.2, 0.25) is 0 Å². The lowest BCUT2D eigenvalue weighted by molar-refractivity contribution is -0.138. The molecule has 0 radical (unpaired) electrons. The summed E-state index contributed by atoms with van der Waals surface area (Å²) in [6.07, 6.45) is -0.654. The van der Waals surface area contributed by atoms with Gasteiger partial charge in [0.15, 0.2) is 6.10 Å². The van der Waals surface area contributed by atoms with E-state index in [0.717, 1.165) is 4.47 Å². The SMILES string of the molecule is CCN(Cc1nc2ccccc2c(=O)[nH]1)C(=O)C(C)Oc1ccc(Br)cc1. The van der Waals surface area contributed by atoms with E-state index in [1.54, 1.807) is 42.2 Å². The second-order valence-corrected chi connectivity index (χ2v) is 7.01. The van der Waals surface area contributed by atoms with E-state index in [1.165, 1.54) is 0 Å². The Balaban J connectivity index is 1.75. The Bertz CT molecular complexity index is 1000. The molecule has 3 aromatic rings. The Morgan fingerprint density at radius 3 is 2.63 bits per heavy atom. The first kappa shape index (κ1) is 19.1. The third-order valence-electron chi connectivity index (χ3n) is 4.17. The van der Waals surface area contributed by atoms with Crippen LogP contribution < -0.4 is 10.3 Å². The Morgan fingerprint density at radius 1 is 1.22 bits per heavy atom. The smallest absolute Gasteiger partial charge is 0.263 e. The first-order valence-electron chi connectivity index (χ1n) is 8.67. The van der Waals surface area contributed by atoms with Crippen LogP contribution >= 0.6 is 15.9 Å². The van der Waals surface area contributed by atoms with Crippen LogP contribution in [0.2, 0.25) is 0 Å². The molecule has 0 saturated heterocycles. The molecule has 0 aliphatic heterocycles. The van der Waals surface area contributed by atoms with Crippen LogP contribution in [0, 0.1) is 0 Å². The summed E-state index contributed by atoms with van der Waals surface area (Å²) in [5.41, 5.74) is 0.400. The highest BCUT2D eigenvalue weighted by Gasteiger charge is 2.22. The van der Waals surface area contributed by atoms with Crippen LogP contribution in [0.15, 0.2) is 57.8 Å². The molecule has 1 amide bonds. The van der Waals surface area contributed by atoms with Gasteiger partial charge in [0, 0.05) is 11.0 Å². The number of amides is 1. The van der Waals surface area contributed by atoms with Gasteiger partial charge in [0.05, 0.1) is 17.4 Å². The van der Waals surface area contributed by atoms with Crippen molar-refractivity contribution in [2.24, 2.45) is 0 Å². The van der Waals surface area contributed by atoms with E-state index in [1.807, 2.05) is 25.1 Å². The number of ether oxygens (including phenoxy) is 1. The maximum atomic E-state index is 12.8. The Labute approximate surface area is 165 Å². The van der Waals surface area contributed by atoms with Gasteiger partial charge in [-0.15, -0.1) is 0 Å². The molecule has 140 valence electrons. The number of fused-ring (bicyclic) bond motifs is 1. The van der Waals surface area contributed by atoms with Gasteiger partial charge in [0.25, 0.3) is 11.5 Å². The molecular formula is C20H20BrN3O3. The molecule has 1 N–H and O–H groups in total. The van der Waals surface area contributed by atoms with Crippen molar-refractivity contribution in [1.82, 2.24) is 14.9 Å². The van der Waals surface area contributed by atoms with E-state index in [-0.39, 0.29) is 18.0 Å². The van der Waals surface area contributed by atoms with Gasteiger partial charge in [-0.25, -0.2) is 4.98 Å². The number of H-pyrrole nitrogens is 1. The van der Waals surface area contributed by atoms with Crippen molar-refractivity contribution >= 4 is 32.7 Å². The maximum absolute atomic E-state index is 12.8. The summed E-state index contributed by atoms with van der Waals surface area (Å²) in [6, 6.07) is 14.4. The van der Waals surface area contributed by atoms with Gasteiger partial charge in [0.1, 0.15) is 11.6 Å². The van der Waals surface area contributed by atoms with Gasteiger partial charge in [-0.2, -0.15) is 0 Å². The summed E-state index contributed by atoms with van der Waals surface area (Å²) in [5, 5.41) is 0.530. The highest BCUT2D eigenvalue weighted by molar-refractivity contribution is 9.10. The van der Waals surface area contributed by atoms with Crippen molar-refractivity contribution < 1.29 is 9.53 Å². The average Bonchev–Trinajstić information content (AvgIpc) is 2.67. The molecule has 1 atom stereocenters. The lowest BCUT2D eigenvalue weighted by atomic mass is 10.2. The van der Waals surface area contributed by atoms with Gasteiger partial charge < -0.3 is 14.6 Å². The Kier molecular flexibility index (Phi) is 5.91. The maximum Gasteiger partial charge on any atom is 0.263 e. The first-order chi connectivity index (χ1) is 13.0. The van der Waals surface area contributed by atoms with Crippen LogP contribution in [-0.4, -0.2) is 33.4 Å². The molecule has 0 saturated carbocycles. The zero-order chi connectivity index (χ0) is 19.4. The molecule has 6 nitrogen and oxygen atoms in total. The number of hydrogen-bond acceptors (Lipinski definition) is 4. The van der Waals surface area contributed by atoms with Crippen LogP contribution in [-0.2, 0) is 11.3 Å². The average molecular weight is 430 g/mol. The number of likely N-dealkylation sites (N-methyl/N-ethyl adjacent to an activating group) is 1. The van der Waals surface area contributed by atoms with Crippen LogP contribution in [0.25, 0.3) is 10.9 Å². The molecular weight excluding hydrogens is 410 g/mol. The highest BCUT2D eigenvalue weighted by atomic mass is 79.9. The summed E-state index contributed by atoms with van der Waals surface area (Å²) in [6.45, 7) is 4.28. The van der Waals surface area contributed by atoms with Gasteiger partial charge >= 0.3 is 0 Å². The Hall–Kier alpha value is -2.67. The molecule has 0 bridgehead atoms. The molecule has 1 heterocycles. The van der Waals surface area contributed by atoms with Crippen molar-refractivity contribution in [1.29, 1.82) is 0 Å². The fourth-order valence-corrected chi connectivity index (χ4v) is 3.03. The van der Waals surface area contributed by atoms with Crippen LogP contribution in [0.1, 0.15) is 19.7 Å². The van der Waals surface area contributed by atoms with E-state index in [9.17, 15) is 9.59 Å². The number of benzene rings is 2. The number of carbonyl (C=O) groups excluding carboxylic acids is 1. The van der Waals surface area contributed by atoms with Gasteiger partial charge in [-0.05, 0) is 50.2 Å². The highest BCUT2D eigenvalue weighted by Crippen LogP contribution is 2.18. The normalized spacial score (nSPS) is 12.0. The molecule has 3 rings (SSSR count). The minimum absolute atomic E-state index is 0.170. The van der Waals surface area contributed by atoms with E-state index in [2.05, 4.69) is 25.9 Å². The molecule has 0 aliphatic carbocycles. The summed E-state index contributed by atoms with van der Waals surface area (Å²) >= 11 is 3.37. The molecule has 1 unspecified atom stereocenters. The molecule has 27 heavy (non-hydrogen) atoms. The minimum Gasteiger partial charge on any atom is -0.481 e. The van der Waals surface area contributed by atoms with Gasteiger partial charge in [-0.3, -0.25) is 9.59 Å². The fourth-order valence-electron chi connectivity index (χ4n) is 2.76. The fraction of sp³-hybridized carbons (Fsp3) is 0.250. The molecule has 7 heteroatoms. The number of hydrogen-bond donors (Lipinski definition) is 1. The van der Waals surface area contributed by atoms with E-state index in [0.29, 0.717) is 29.0 Å². The quantitative estimate of drug-likeness (QED) is 0.650. The standard InChI is InChI=1S/C20H20BrN3O3/c1-3-24(20(26)13(2)27-15-10-8-14(21)9-11-15)12-18-22-17-7-5-4-6-16(17)19(25)23-18/h4-11,13H,3,12H2,1-2H3,(H,22,23,25). The molecule has 1 aromatic heterocycles. The summed E-state index contributed by atoms with van der Waals surface area (Å²) in [4.78, 5) is 33.8. The number of aromatic nitrogens is 2. The third-order valence-corrected chi connectivity index (χ3v) is 4.70. The zero-order valence-electron chi connectivity index (χ0n) is 15.1. The second-order valence-electron chi connectivity index (χ2n) is 6.10. The minimum atomic E-state index is -0.654. The van der Waals surface area contributed by atoms with Crippen molar-refractivity contribution in [3.8, 4) is 5.75 Å². The number of rotatable bonds is 6. The number of halogens is 1. The predicted octanol–water partition coefficient (Wildman–Crippen LogP) is 3.50. The second kappa shape index (κ2) is 8.35. The van der Waals surface area contributed by atoms with Crippen molar-refractivity contribution in [2.75, 3.05) is 6.54 Å². The number of carbonyl (C=O) groups is 1. The van der Waals surface area contributed by atoms with Crippen molar-refractivity contribution in [2.45, 2.75) is 26.5 Å². The number of nitrogens with one attached hydrogen (secondary N) is 1. The number of nitrogens with zero attached hydrogens (tertiary/aromatic N) is 2. The monoisotopic (exact) mass is 429 g/mol. The molecule has 0 spiro atoms. The van der Waals surface area contributed by atoms with Crippen LogP contribution in [0.4, 0.5) is 0 Å². The first-order valence-corrected chi connectivity index (χ1v) is 9.46. The zero-order valence-corrected chi connectivity index (χ0v) is 16.7. The summed E-state index contributed by atoms with van der Waals surface area (Å²) in [5.74, 6) is 0.897. The topological polar surface area (TPSA) is 75.3 Å². The molecule has 2 aromatic carbocycles. The van der Waals surface area contributed by atoms with Gasteiger partial charge in [-0.1, -0.05) is 28.1 Å².